The molecule has 1 fully saturated rings. The summed E-state index contributed by atoms with van der Waals surface area (Å²) in [5.41, 5.74) is 3.22. The monoisotopic (exact) mass is 327 g/mol. The highest BCUT2D eigenvalue weighted by Crippen LogP contribution is 2.24. The van der Waals surface area contributed by atoms with Crippen molar-refractivity contribution in [1.82, 2.24) is 10.6 Å². The summed E-state index contributed by atoms with van der Waals surface area (Å²) in [4.78, 5) is 25.9. The highest BCUT2D eigenvalue weighted by molar-refractivity contribution is 5.96. The minimum absolute atomic E-state index is 0.0228. The Morgan fingerprint density at radius 3 is 2.83 bits per heavy atom. The van der Waals surface area contributed by atoms with Crippen molar-refractivity contribution in [3.05, 3.63) is 53.5 Å². The third-order valence-corrected chi connectivity index (χ3v) is 4.27. The van der Waals surface area contributed by atoms with E-state index in [9.17, 15) is 9.59 Å². The van der Waals surface area contributed by atoms with Gasteiger partial charge in [-0.1, -0.05) is 6.07 Å². The van der Waals surface area contributed by atoms with Crippen molar-refractivity contribution in [2.24, 2.45) is 0 Å². The van der Waals surface area contributed by atoms with Crippen LogP contribution >= 0.6 is 0 Å². The molecule has 6 heteroatoms. The zero-order valence-corrected chi connectivity index (χ0v) is 13.8. The molecule has 0 unspecified atom stereocenters. The number of aryl methyl sites for hydroxylation is 2. The lowest BCUT2D eigenvalue weighted by Crippen LogP contribution is -2.43. The molecule has 24 heavy (non-hydrogen) atoms. The van der Waals surface area contributed by atoms with Crippen LogP contribution in [0.15, 0.2) is 41.0 Å². The number of furan rings is 1. The molecule has 1 aromatic carbocycles. The molecule has 0 saturated carbocycles. The average molecular weight is 327 g/mol. The molecule has 1 aliphatic rings. The van der Waals surface area contributed by atoms with E-state index >= 15 is 0 Å². The van der Waals surface area contributed by atoms with Crippen LogP contribution in [0.2, 0.25) is 0 Å². The van der Waals surface area contributed by atoms with Crippen LogP contribution < -0.4 is 15.5 Å². The second-order valence-electron chi connectivity index (χ2n) is 6.08. The van der Waals surface area contributed by atoms with Crippen LogP contribution in [0.25, 0.3) is 0 Å². The molecule has 2 N–H and O–H groups in total. The number of nitrogens with zero attached hydrogens (tertiary/aromatic N) is 1. The topological polar surface area (TPSA) is 74.6 Å². The minimum atomic E-state index is -0.300. The van der Waals surface area contributed by atoms with Gasteiger partial charge in [0.1, 0.15) is 5.76 Å². The van der Waals surface area contributed by atoms with Gasteiger partial charge in [0.2, 0.25) is 5.91 Å². The Morgan fingerprint density at radius 2 is 2.12 bits per heavy atom. The molecule has 0 radical (unpaired) electrons. The largest absolute Gasteiger partial charge is 0.467 e. The molecule has 1 saturated heterocycles. The molecule has 126 valence electrons. The smallest absolute Gasteiger partial charge is 0.315 e. The molecule has 2 heterocycles. The van der Waals surface area contributed by atoms with E-state index in [4.69, 9.17) is 4.42 Å². The first-order valence-corrected chi connectivity index (χ1v) is 7.97. The Balaban J connectivity index is 1.56. The van der Waals surface area contributed by atoms with Crippen molar-refractivity contribution in [2.75, 3.05) is 11.4 Å². The van der Waals surface area contributed by atoms with E-state index in [1.54, 1.807) is 23.3 Å². The summed E-state index contributed by atoms with van der Waals surface area (Å²) < 4.78 is 5.16. The summed E-state index contributed by atoms with van der Waals surface area (Å²) >= 11 is 0. The molecule has 1 aliphatic heterocycles. The molecule has 0 aliphatic carbocycles. The number of amides is 3. The van der Waals surface area contributed by atoms with Gasteiger partial charge in [0.05, 0.1) is 18.8 Å². The number of anilines is 1. The quantitative estimate of drug-likeness (QED) is 0.906. The fourth-order valence-electron chi connectivity index (χ4n) is 2.76. The van der Waals surface area contributed by atoms with Gasteiger partial charge < -0.3 is 20.0 Å². The lowest BCUT2D eigenvalue weighted by Gasteiger charge is -2.18. The van der Waals surface area contributed by atoms with E-state index in [-0.39, 0.29) is 18.0 Å². The fourth-order valence-corrected chi connectivity index (χ4v) is 2.76. The summed E-state index contributed by atoms with van der Waals surface area (Å²) in [7, 11) is 0. The number of rotatable bonds is 4. The van der Waals surface area contributed by atoms with E-state index in [0.29, 0.717) is 25.3 Å². The van der Waals surface area contributed by atoms with Crippen LogP contribution in [0, 0.1) is 13.8 Å². The minimum Gasteiger partial charge on any atom is -0.467 e. The average Bonchev–Trinajstić information content (AvgIpc) is 3.18. The summed E-state index contributed by atoms with van der Waals surface area (Å²) in [6, 6.07) is 9.02. The Kier molecular flexibility index (Phi) is 4.55. The standard InChI is InChI=1S/C18H21N3O3/c1-12-5-6-15(8-13(12)2)21-11-14(9-17(21)22)20-18(23)19-10-16-4-3-7-24-16/h3-8,14H,9-11H2,1-2H3,(H2,19,20,23)/t14-/m1/s1. The molecule has 3 rings (SSSR count). The van der Waals surface area contributed by atoms with Crippen LogP contribution in [-0.4, -0.2) is 24.5 Å². The van der Waals surface area contributed by atoms with Crippen LogP contribution in [0.5, 0.6) is 0 Å². The maximum absolute atomic E-state index is 12.2. The zero-order valence-electron chi connectivity index (χ0n) is 13.8. The Bertz CT molecular complexity index is 740. The van der Waals surface area contributed by atoms with Crippen LogP contribution in [-0.2, 0) is 11.3 Å². The summed E-state index contributed by atoms with van der Waals surface area (Å²) in [5.74, 6) is 0.707. The molecule has 2 aromatic rings. The number of hydrogen-bond acceptors (Lipinski definition) is 3. The van der Waals surface area contributed by atoms with Gasteiger partial charge in [-0.05, 0) is 49.2 Å². The van der Waals surface area contributed by atoms with Gasteiger partial charge in [0.25, 0.3) is 0 Å². The van der Waals surface area contributed by atoms with Gasteiger partial charge in [-0.3, -0.25) is 4.79 Å². The first kappa shape index (κ1) is 16.1. The molecule has 6 nitrogen and oxygen atoms in total. The molecular weight excluding hydrogens is 306 g/mol. The van der Waals surface area contributed by atoms with Gasteiger partial charge in [-0.25, -0.2) is 4.79 Å². The van der Waals surface area contributed by atoms with Crippen molar-refractivity contribution in [3.8, 4) is 0 Å². The summed E-state index contributed by atoms with van der Waals surface area (Å²) in [5, 5.41) is 5.57. The highest BCUT2D eigenvalue weighted by atomic mass is 16.3. The molecule has 1 atom stereocenters. The molecule has 0 bridgehead atoms. The predicted octanol–water partition coefficient (Wildman–Crippen LogP) is 2.50. The van der Waals surface area contributed by atoms with Gasteiger partial charge in [-0.2, -0.15) is 0 Å². The van der Waals surface area contributed by atoms with E-state index in [1.165, 1.54) is 5.56 Å². The zero-order chi connectivity index (χ0) is 17.1. The van der Waals surface area contributed by atoms with Crippen LogP contribution in [0.3, 0.4) is 0 Å². The summed E-state index contributed by atoms with van der Waals surface area (Å²) in [6.45, 7) is 4.87. The Hall–Kier alpha value is -2.76. The number of hydrogen-bond donors (Lipinski definition) is 2. The normalized spacial score (nSPS) is 17.2. The van der Waals surface area contributed by atoms with Crippen molar-refractivity contribution in [3.63, 3.8) is 0 Å². The Morgan fingerprint density at radius 1 is 1.29 bits per heavy atom. The van der Waals surface area contributed by atoms with Crippen LogP contribution in [0.1, 0.15) is 23.3 Å². The van der Waals surface area contributed by atoms with Crippen molar-refractivity contribution in [2.45, 2.75) is 32.9 Å². The lowest BCUT2D eigenvalue weighted by atomic mass is 10.1. The van der Waals surface area contributed by atoms with Gasteiger partial charge in [-0.15, -0.1) is 0 Å². The maximum Gasteiger partial charge on any atom is 0.315 e. The first-order valence-electron chi connectivity index (χ1n) is 7.97. The maximum atomic E-state index is 12.2. The summed E-state index contributed by atoms with van der Waals surface area (Å²) in [6.07, 6.45) is 1.87. The van der Waals surface area contributed by atoms with Crippen molar-refractivity contribution in [1.29, 1.82) is 0 Å². The van der Waals surface area contributed by atoms with Gasteiger partial charge in [0, 0.05) is 18.7 Å². The van der Waals surface area contributed by atoms with Crippen molar-refractivity contribution >= 4 is 17.6 Å². The van der Waals surface area contributed by atoms with Gasteiger partial charge in [0.15, 0.2) is 0 Å². The van der Waals surface area contributed by atoms with E-state index in [0.717, 1.165) is 11.3 Å². The number of urea groups is 1. The van der Waals surface area contributed by atoms with Crippen LogP contribution in [0.4, 0.5) is 10.5 Å². The highest BCUT2D eigenvalue weighted by Gasteiger charge is 2.31. The second-order valence-corrected chi connectivity index (χ2v) is 6.08. The van der Waals surface area contributed by atoms with E-state index in [1.807, 2.05) is 32.0 Å². The van der Waals surface area contributed by atoms with E-state index < -0.39 is 0 Å². The SMILES string of the molecule is Cc1ccc(N2C[C@H](NC(=O)NCc3ccco3)CC2=O)cc1C. The Labute approximate surface area is 140 Å². The number of nitrogens with one attached hydrogen (secondary N) is 2. The number of carbonyl (C=O) groups excluding carboxylic acids is 2. The molecule has 1 aromatic heterocycles. The number of benzene rings is 1. The number of carbonyl (C=O) groups is 2. The van der Waals surface area contributed by atoms with Gasteiger partial charge >= 0.3 is 6.03 Å². The fraction of sp³-hybridized carbons (Fsp3) is 0.333. The molecule has 3 amide bonds. The third-order valence-electron chi connectivity index (χ3n) is 4.27. The predicted molar refractivity (Wildman–Crippen MR) is 90.8 cm³/mol. The second kappa shape index (κ2) is 6.78. The third kappa shape index (κ3) is 3.59. The molecule has 0 spiro atoms. The first-order chi connectivity index (χ1) is 11.5. The lowest BCUT2D eigenvalue weighted by molar-refractivity contribution is -0.117. The van der Waals surface area contributed by atoms with Crippen molar-refractivity contribution < 1.29 is 14.0 Å². The van der Waals surface area contributed by atoms with E-state index in [2.05, 4.69) is 10.6 Å². The molecular formula is C18H21N3O3.